The molecule has 53 heavy (non-hydrogen) atoms. The molecule has 0 N–H and O–H groups in total. The van der Waals surface area contributed by atoms with Gasteiger partial charge in [0.1, 0.15) is 11.2 Å². The normalized spacial score (nSPS) is 11.9. The lowest BCUT2D eigenvalue weighted by molar-refractivity contribution is 0.669. The van der Waals surface area contributed by atoms with E-state index in [2.05, 4.69) is 183 Å². The number of benzene rings is 9. The Morgan fingerprint density at radius 3 is 1.42 bits per heavy atom. The van der Waals surface area contributed by atoms with Gasteiger partial charge in [-0.1, -0.05) is 146 Å². The van der Waals surface area contributed by atoms with Gasteiger partial charge < -0.3 is 4.42 Å². The van der Waals surface area contributed by atoms with Crippen LogP contribution in [-0.4, -0.2) is 0 Å². The predicted octanol–water partition coefficient (Wildman–Crippen LogP) is 15.2. The maximum atomic E-state index is 6.82. The Morgan fingerprint density at radius 1 is 0.358 bits per heavy atom. The summed E-state index contributed by atoms with van der Waals surface area (Å²) < 4.78 is 6.82. The summed E-state index contributed by atoms with van der Waals surface area (Å²) in [5, 5.41) is 12.3. The van der Waals surface area contributed by atoms with Crippen molar-refractivity contribution in [1.29, 1.82) is 0 Å². The van der Waals surface area contributed by atoms with Crippen LogP contribution in [0.1, 0.15) is 4.88 Å². The number of furan rings is 1. The molecule has 1 nitrogen and oxygen atoms in total. The highest BCUT2D eigenvalue weighted by molar-refractivity contribution is 7.15. The fourth-order valence-corrected chi connectivity index (χ4v) is 9.74. The van der Waals surface area contributed by atoms with E-state index in [1.165, 1.54) is 86.2 Å². The van der Waals surface area contributed by atoms with Crippen LogP contribution in [0.25, 0.3) is 109 Å². The van der Waals surface area contributed by atoms with Gasteiger partial charge in [-0.25, -0.2) is 0 Å². The van der Waals surface area contributed by atoms with E-state index in [4.69, 9.17) is 4.42 Å². The molecule has 0 amide bonds. The summed E-state index contributed by atoms with van der Waals surface area (Å²) in [6.07, 6.45) is 0. The molecule has 0 bridgehead atoms. The highest BCUT2D eigenvalue weighted by atomic mass is 32.1. The predicted molar refractivity (Wildman–Crippen MR) is 228 cm³/mol. The largest absolute Gasteiger partial charge is 0.456 e. The number of rotatable bonds is 4. The van der Waals surface area contributed by atoms with E-state index < -0.39 is 0 Å². The van der Waals surface area contributed by atoms with Crippen LogP contribution >= 0.6 is 11.3 Å². The van der Waals surface area contributed by atoms with Crippen LogP contribution in [0.4, 0.5) is 0 Å². The van der Waals surface area contributed by atoms with E-state index in [-0.39, 0.29) is 0 Å². The zero-order valence-corrected chi connectivity index (χ0v) is 29.9. The van der Waals surface area contributed by atoms with Gasteiger partial charge in [0.05, 0.1) is 0 Å². The summed E-state index contributed by atoms with van der Waals surface area (Å²) in [6.45, 7) is 2.19. The van der Waals surface area contributed by atoms with E-state index >= 15 is 0 Å². The van der Waals surface area contributed by atoms with Crippen LogP contribution in [-0.2, 0) is 0 Å². The lowest BCUT2D eigenvalue weighted by Gasteiger charge is -2.18. The van der Waals surface area contributed by atoms with Crippen LogP contribution in [0, 0.1) is 6.92 Å². The van der Waals surface area contributed by atoms with Crippen molar-refractivity contribution in [2.45, 2.75) is 6.92 Å². The SMILES string of the molecule is Cc1ccc(-c2c3ccccc3c(-c3cccc4oc5cc(-c6c7ccccc7c(-c7ccccc7)c7ccccc67)ccc5c34)c3ccccc23)s1. The second-order valence-corrected chi connectivity index (χ2v) is 15.2. The fourth-order valence-electron chi connectivity index (χ4n) is 8.80. The first kappa shape index (κ1) is 30.2. The van der Waals surface area contributed by atoms with Gasteiger partial charge in [0.25, 0.3) is 0 Å². The molecule has 0 spiro atoms. The number of thiophene rings is 1. The number of aryl methyl sites for hydroxylation is 1. The maximum absolute atomic E-state index is 6.82. The average molecular weight is 693 g/mol. The molecule has 0 radical (unpaired) electrons. The Kier molecular flexibility index (Phi) is 6.71. The molecule has 9 aromatic carbocycles. The van der Waals surface area contributed by atoms with Crippen molar-refractivity contribution in [3.8, 4) is 43.8 Å². The smallest absolute Gasteiger partial charge is 0.136 e. The second-order valence-electron chi connectivity index (χ2n) is 14.0. The lowest BCUT2D eigenvalue weighted by atomic mass is 9.85. The van der Waals surface area contributed by atoms with E-state index in [9.17, 15) is 0 Å². The molecule has 0 unspecified atom stereocenters. The Labute approximate surface area is 311 Å². The molecule has 248 valence electrons. The molecule has 0 saturated carbocycles. The standard InChI is InChI=1S/C51H32OS/c1-31-26-29-46(53-31)51-40-22-11-9-20-38(40)49(39-21-10-12-23-41(39)51)43-24-13-25-44-50(43)42-28-27-33(30-45(42)52-44)48-36-18-7-5-16-34(36)47(32-14-3-2-4-15-32)35-17-6-8-19-37(35)48/h2-30H,1H3. The quantitative estimate of drug-likeness (QED) is 0.167. The fraction of sp³-hybridized carbons (Fsp3) is 0.0196. The molecule has 0 fully saturated rings. The van der Waals surface area contributed by atoms with Gasteiger partial charge in [0.2, 0.25) is 0 Å². The summed E-state index contributed by atoms with van der Waals surface area (Å²) in [6, 6.07) is 64.1. The number of fused-ring (bicyclic) bond motifs is 7. The van der Waals surface area contributed by atoms with Crippen molar-refractivity contribution in [2.75, 3.05) is 0 Å². The third-order valence-corrected chi connectivity index (χ3v) is 12.0. The average Bonchev–Trinajstić information content (AvgIpc) is 3.82. The Morgan fingerprint density at radius 2 is 0.868 bits per heavy atom. The first-order valence-corrected chi connectivity index (χ1v) is 19.0. The van der Waals surface area contributed by atoms with Crippen molar-refractivity contribution in [1.82, 2.24) is 0 Å². The molecule has 0 aliphatic carbocycles. The van der Waals surface area contributed by atoms with Crippen LogP contribution in [0.5, 0.6) is 0 Å². The highest BCUT2D eigenvalue weighted by Crippen LogP contribution is 2.49. The van der Waals surface area contributed by atoms with Crippen LogP contribution in [0.2, 0.25) is 0 Å². The van der Waals surface area contributed by atoms with E-state index in [0.29, 0.717) is 0 Å². The van der Waals surface area contributed by atoms with Crippen molar-refractivity contribution in [2.24, 2.45) is 0 Å². The topological polar surface area (TPSA) is 13.1 Å². The molecule has 11 aromatic rings. The van der Waals surface area contributed by atoms with Crippen molar-refractivity contribution in [3.05, 3.63) is 181 Å². The maximum Gasteiger partial charge on any atom is 0.136 e. The summed E-state index contributed by atoms with van der Waals surface area (Å²) in [5.74, 6) is 0. The summed E-state index contributed by atoms with van der Waals surface area (Å²) in [7, 11) is 0. The Balaban J connectivity index is 1.18. The van der Waals surface area contributed by atoms with E-state index in [1.54, 1.807) is 0 Å². The van der Waals surface area contributed by atoms with Crippen LogP contribution < -0.4 is 0 Å². The number of hydrogen-bond donors (Lipinski definition) is 0. The minimum atomic E-state index is 0.893. The van der Waals surface area contributed by atoms with Gasteiger partial charge in [-0.15, -0.1) is 11.3 Å². The molecule has 11 rings (SSSR count). The summed E-state index contributed by atoms with van der Waals surface area (Å²) >= 11 is 1.86. The van der Waals surface area contributed by atoms with Crippen molar-refractivity contribution in [3.63, 3.8) is 0 Å². The monoisotopic (exact) mass is 692 g/mol. The zero-order valence-electron chi connectivity index (χ0n) is 29.1. The minimum absolute atomic E-state index is 0.893. The van der Waals surface area contributed by atoms with Crippen LogP contribution in [0.3, 0.4) is 0 Å². The summed E-state index contributed by atoms with van der Waals surface area (Å²) in [4.78, 5) is 2.62. The minimum Gasteiger partial charge on any atom is -0.456 e. The third kappa shape index (κ3) is 4.56. The molecule has 2 heterocycles. The van der Waals surface area contributed by atoms with Gasteiger partial charge in [-0.2, -0.15) is 0 Å². The summed E-state index contributed by atoms with van der Waals surface area (Å²) in [5.41, 5.74) is 10.4. The number of hydrogen-bond acceptors (Lipinski definition) is 2. The first-order valence-electron chi connectivity index (χ1n) is 18.2. The molecule has 0 atom stereocenters. The Hall–Kier alpha value is -6.48. The van der Waals surface area contributed by atoms with Gasteiger partial charge in [-0.3, -0.25) is 0 Å². The Bertz CT molecular complexity index is 3120. The van der Waals surface area contributed by atoms with E-state index in [0.717, 1.165) is 27.5 Å². The molecular formula is C51H32OS. The van der Waals surface area contributed by atoms with E-state index in [1.807, 2.05) is 11.3 Å². The highest BCUT2D eigenvalue weighted by Gasteiger charge is 2.22. The van der Waals surface area contributed by atoms with Gasteiger partial charge in [0.15, 0.2) is 0 Å². The molecular weight excluding hydrogens is 661 g/mol. The third-order valence-electron chi connectivity index (χ3n) is 11.0. The zero-order chi connectivity index (χ0) is 35.0. The van der Waals surface area contributed by atoms with Gasteiger partial charge in [-0.05, 0) is 114 Å². The van der Waals surface area contributed by atoms with Crippen molar-refractivity contribution >= 4 is 76.4 Å². The first-order chi connectivity index (χ1) is 26.2. The van der Waals surface area contributed by atoms with Gasteiger partial charge in [0, 0.05) is 26.1 Å². The molecule has 2 aromatic heterocycles. The van der Waals surface area contributed by atoms with Gasteiger partial charge >= 0.3 is 0 Å². The molecule has 0 aliphatic heterocycles. The molecule has 0 aliphatic rings. The second kappa shape index (κ2) is 11.8. The lowest BCUT2D eigenvalue weighted by Crippen LogP contribution is -1.91. The van der Waals surface area contributed by atoms with Crippen molar-refractivity contribution < 1.29 is 4.42 Å². The molecule has 2 heteroatoms. The van der Waals surface area contributed by atoms with Crippen LogP contribution in [0.15, 0.2) is 180 Å². The molecule has 0 saturated heterocycles.